The molecule has 20 heavy (non-hydrogen) atoms. The van der Waals surface area contributed by atoms with Gasteiger partial charge < -0.3 is 5.43 Å². The molecule has 6 nitrogen and oxygen atoms in total. The lowest BCUT2D eigenvalue weighted by molar-refractivity contribution is -0.384. The molecule has 2 rings (SSSR count). The first-order valence-electron chi connectivity index (χ1n) is 7.06. The molecule has 110 valence electrons. The van der Waals surface area contributed by atoms with E-state index < -0.39 is 4.92 Å². The molecule has 0 saturated carbocycles. The van der Waals surface area contributed by atoms with Gasteiger partial charge in [-0.2, -0.15) is 0 Å². The lowest BCUT2D eigenvalue weighted by Crippen LogP contribution is -2.24. The van der Waals surface area contributed by atoms with Gasteiger partial charge in [0.2, 0.25) is 0 Å². The van der Waals surface area contributed by atoms with Gasteiger partial charge in [-0.05, 0) is 49.9 Å². The van der Waals surface area contributed by atoms with E-state index in [1.807, 2.05) is 6.07 Å². The molecule has 3 N–H and O–H groups in total. The summed E-state index contributed by atoms with van der Waals surface area (Å²) in [7, 11) is 0. The van der Waals surface area contributed by atoms with Gasteiger partial charge in [-0.25, -0.2) is 0 Å². The third kappa shape index (κ3) is 3.68. The van der Waals surface area contributed by atoms with Gasteiger partial charge in [-0.3, -0.25) is 20.9 Å². The van der Waals surface area contributed by atoms with Crippen molar-refractivity contribution in [1.29, 1.82) is 0 Å². The van der Waals surface area contributed by atoms with E-state index in [0.717, 1.165) is 31.1 Å². The van der Waals surface area contributed by atoms with Crippen LogP contribution in [0.2, 0.25) is 0 Å². The summed E-state index contributed by atoms with van der Waals surface area (Å²) in [6.45, 7) is 5.29. The molecule has 1 fully saturated rings. The highest BCUT2D eigenvalue weighted by atomic mass is 16.6. The lowest BCUT2D eigenvalue weighted by atomic mass is 10.0. The van der Waals surface area contributed by atoms with E-state index in [1.165, 1.54) is 25.3 Å². The van der Waals surface area contributed by atoms with E-state index in [4.69, 9.17) is 5.84 Å². The van der Waals surface area contributed by atoms with Crippen LogP contribution >= 0.6 is 0 Å². The normalized spacial score (nSPS) is 20.4. The van der Waals surface area contributed by atoms with Crippen LogP contribution in [0.15, 0.2) is 18.2 Å². The number of rotatable bonds is 4. The first-order chi connectivity index (χ1) is 9.60. The second-order valence-corrected chi connectivity index (χ2v) is 5.57. The smallest absolute Gasteiger partial charge is 0.293 e. The summed E-state index contributed by atoms with van der Waals surface area (Å²) in [5.74, 6) is 6.16. The molecule has 0 radical (unpaired) electrons. The molecular formula is C14H22N4O2. The summed E-state index contributed by atoms with van der Waals surface area (Å²) in [5.41, 5.74) is 3.85. The van der Waals surface area contributed by atoms with Crippen LogP contribution in [0.25, 0.3) is 0 Å². The maximum atomic E-state index is 10.9. The second kappa shape index (κ2) is 6.67. The molecule has 1 atom stereocenters. The van der Waals surface area contributed by atoms with Crippen molar-refractivity contribution in [1.82, 2.24) is 4.90 Å². The molecule has 0 bridgehead atoms. The Morgan fingerprint density at radius 1 is 1.45 bits per heavy atom. The zero-order valence-electron chi connectivity index (χ0n) is 11.8. The number of hydrogen-bond acceptors (Lipinski definition) is 5. The zero-order chi connectivity index (χ0) is 14.5. The Morgan fingerprint density at radius 2 is 2.25 bits per heavy atom. The van der Waals surface area contributed by atoms with E-state index >= 15 is 0 Å². The molecule has 1 heterocycles. The Bertz CT molecular complexity index is 478. The number of hydrogen-bond donors (Lipinski definition) is 2. The minimum absolute atomic E-state index is 0.0146. The standard InChI is InChI=1S/C14H22N4O2/c1-11-3-2-7-17(8-6-11)10-12-4-5-14(18(19)20)13(9-12)16-15/h4-5,9,11,16H,2-3,6-8,10,15H2,1H3. The van der Waals surface area contributed by atoms with E-state index in [2.05, 4.69) is 17.2 Å². The molecule has 1 unspecified atom stereocenters. The average Bonchev–Trinajstić information content (AvgIpc) is 2.63. The maximum Gasteiger partial charge on any atom is 0.293 e. The summed E-state index contributed by atoms with van der Waals surface area (Å²) in [6, 6.07) is 5.10. The fraction of sp³-hybridized carbons (Fsp3) is 0.571. The molecule has 6 heteroatoms. The van der Waals surface area contributed by atoms with Crippen LogP contribution in [-0.4, -0.2) is 22.9 Å². The second-order valence-electron chi connectivity index (χ2n) is 5.57. The highest BCUT2D eigenvalue weighted by molar-refractivity contribution is 5.62. The summed E-state index contributed by atoms with van der Waals surface area (Å²) in [6.07, 6.45) is 3.72. The van der Waals surface area contributed by atoms with Crippen molar-refractivity contribution in [3.05, 3.63) is 33.9 Å². The van der Waals surface area contributed by atoms with E-state index in [9.17, 15) is 10.1 Å². The Morgan fingerprint density at radius 3 is 2.95 bits per heavy atom. The van der Waals surface area contributed by atoms with Crippen LogP contribution in [0.4, 0.5) is 11.4 Å². The predicted octanol–water partition coefficient (Wildman–Crippen LogP) is 2.50. The molecule has 1 aliphatic rings. The fourth-order valence-corrected chi connectivity index (χ4v) is 2.70. The quantitative estimate of drug-likeness (QED) is 0.502. The third-order valence-electron chi connectivity index (χ3n) is 3.93. The first-order valence-corrected chi connectivity index (χ1v) is 7.06. The number of anilines is 1. The fourth-order valence-electron chi connectivity index (χ4n) is 2.70. The minimum Gasteiger partial charge on any atom is -0.318 e. The lowest BCUT2D eigenvalue weighted by Gasteiger charge is -2.20. The van der Waals surface area contributed by atoms with Crippen molar-refractivity contribution < 1.29 is 4.92 Å². The van der Waals surface area contributed by atoms with Crippen LogP contribution in [0, 0.1) is 16.0 Å². The molecule has 0 aliphatic carbocycles. The van der Waals surface area contributed by atoms with Gasteiger partial charge in [0, 0.05) is 12.6 Å². The monoisotopic (exact) mass is 278 g/mol. The number of nitro benzene ring substituents is 1. The summed E-state index contributed by atoms with van der Waals surface area (Å²) in [4.78, 5) is 12.8. The van der Waals surface area contributed by atoms with Gasteiger partial charge in [-0.1, -0.05) is 13.0 Å². The molecule has 1 aromatic rings. The summed E-state index contributed by atoms with van der Waals surface area (Å²) < 4.78 is 0. The van der Waals surface area contributed by atoms with E-state index in [1.54, 1.807) is 6.07 Å². The number of likely N-dealkylation sites (tertiary alicyclic amines) is 1. The van der Waals surface area contributed by atoms with E-state index in [-0.39, 0.29) is 5.69 Å². The van der Waals surface area contributed by atoms with Crippen LogP contribution in [0.1, 0.15) is 31.7 Å². The number of hydrazine groups is 1. The SMILES string of the molecule is CC1CCCN(Cc2ccc([N+](=O)[O-])c(NN)c2)CC1. The first kappa shape index (κ1) is 14.7. The van der Waals surface area contributed by atoms with Gasteiger partial charge in [0.05, 0.1) is 4.92 Å². The van der Waals surface area contributed by atoms with E-state index in [0.29, 0.717) is 5.69 Å². The Hall–Kier alpha value is -1.66. The Labute approximate surface area is 119 Å². The van der Waals surface area contributed by atoms with Crippen molar-refractivity contribution in [2.75, 3.05) is 18.5 Å². The summed E-state index contributed by atoms with van der Waals surface area (Å²) >= 11 is 0. The number of nitrogens with two attached hydrogens (primary N) is 1. The van der Waals surface area contributed by atoms with Gasteiger partial charge in [0.25, 0.3) is 5.69 Å². The molecule has 0 amide bonds. The van der Waals surface area contributed by atoms with Gasteiger partial charge in [0.15, 0.2) is 0 Å². The Kier molecular flexibility index (Phi) is 4.92. The molecule has 1 aromatic carbocycles. The van der Waals surface area contributed by atoms with Gasteiger partial charge in [-0.15, -0.1) is 0 Å². The number of nitrogen functional groups attached to an aromatic ring is 1. The third-order valence-corrected chi connectivity index (χ3v) is 3.93. The Balaban J connectivity index is 2.07. The topological polar surface area (TPSA) is 84.4 Å². The molecule has 1 saturated heterocycles. The van der Waals surface area contributed by atoms with Crippen molar-refractivity contribution in [3.8, 4) is 0 Å². The zero-order valence-corrected chi connectivity index (χ0v) is 11.8. The van der Waals surface area contributed by atoms with Crippen LogP contribution < -0.4 is 11.3 Å². The average molecular weight is 278 g/mol. The number of nitro groups is 1. The van der Waals surface area contributed by atoms with Crippen molar-refractivity contribution in [2.45, 2.75) is 32.7 Å². The predicted molar refractivity (Wildman–Crippen MR) is 79.2 cm³/mol. The number of benzene rings is 1. The van der Waals surface area contributed by atoms with Crippen molar-refractivity contribution in [3.63, 3.8) is 0 Å². The highest BCUT2D eigenvalue weighted by Crippen LogP contribution is 2.26. The number of nitrogens with zero attached hydrogens (tertiary/aromatic N) is 2. The van der Waals surface area contributed by atoms with Crippen LogP contribution in [0.3, 0.4) is 0 Å². The van der Waals surface area contributed by atoms with Crippen molar-refractivity contribution in [2.24, 2.45) is 11.8 Å². The molecule has 1 aliphatic heterocycles. The summed E-state index contributed by atoms with van der Waals surface area (Å²) in [5, 5.41) is 10.9. The molecule has 0 aromatic heterocycles. The highest BCUT2D eigenvalue weighted by Gasteiger charge is 2.16. The maximum absolute atomic E-state index is 10.9. The van der Waals surface area contributed by atoms with Gasteiger partial charge in [0.1, 0.15) is 5.69 Å². The minimum atomic E-state index is -0.424. The van der Waals surface area contributed by atoms with Crippen LogP contribution in [0.5, 0.6) is 0 Å². The largest absolute Gasteiger partial charge is 0.318 e. The number of nitrogens with one attached hydrogen (secondary N) is 1. The molecule has 0 spiro atoms. The van der Waals surface area contributed by atoms with Crippen LogP contribution in [-0.2, 0) is 6.54 Å². The van der Waals surface area contributed by atoms with Crippen molar-refractivity contribution >= 4 is 11.4 Å². The molecular weight excluding hydrogens is 256 g/mol. The van der Waals surface area contributed by atoms with Gasteiger partial charge >= 0.3 is 0 Å².